The second-order valence-corrected chi connectivity index (χ2v) is 8.21. The van der Waals surface area contributed by atoms with Gasteiger partial charge in [0.2, 0.25) is 0 Å². The Kier molecular flexibility index (Phi) is 5.27. The van der Waals surface area contributed by atoms with E-state index in [9.17, 15) is 0 Å². The highest BCUT2D eigenvalue weighted by molar-refractivity contribution is 6.30. The van der Waals surface area contributed by atoms with Gasteiger partial charge in [0.15, 0.2) is 11.5 Å². The first kappa shape index (κ1) is 19.3. The molecule has 6 nitrogen and oxygen atoms in total. The highest BCUT2D eigenvalue weighted by Crippen LogP contribution is 2.35. The molecule has 0 amide bonds. The lowest BCUT2D eigenvalue weighted by atomic mass is 10.1. The third kappa shape index (κ3) is 3.98. The van der Waals surface area contributed by atoms with Gasteiger partial charge in [0.05, 0.1) is 5.69 Å². The molecule has 2 aliphatic rings. The number of benzene rings is 2. The van der Waals surface area contributed by atoms with Gasteiger partial charge in [-0.1, -0.05) is 17.7 Å². The van der Waals surface area contributed by atoms with Crippen molar-refractivity contribution in [3.8, 4) is 22.8 Å². The molecule has 2 aliphatic heterocycles. The number of piperazine rings is 1. The summed E-state index contributed by atoms with van der Waals surface area (Å²) in [6.07, 6.45) is 2.12. The first-order valence-electron chi connectivity index (χ1n) is 10.3. The Balaban J connectivity index is 1.30. The predicted molar refractivity (Wildman–Crippen MR) is 119 cm³/mol. The van der Waals surface area contributed by atoms with Crippen molar-refractivity contribution in [2.24, 2.45) is 7.05 Å². The molecule has 156 valence electrons. The van der Waals surface area contributed by atoms with Crippen molar-refractivity contribution in [1.29, 1.82) is 0 Å². The minimum Gasteiger partial charge on any atom is -0.486 e. The molecule has 0 unspecified atom stereocenters. The molecule has 1 saturated heterocycles. The van der Waals surface area contributed by atoms with Crippen LogP contribution in [0.5, 0.6) is 11.5 Å². The normalized spacial score (nSPS) is 16.7. The number of aromatic nitrogens is 2. The third-order valence-electron chi connectivity index (χ3n) is 5.66. The van der Waals surface area contributed by atoms with Crippen LogP contribution in [0.15, 0.2) is 48.7 Å². The molecule has 1 fully saturated rings. The molecule has 0 spiro atoms. The molecule has 0 aliphatic carbocycles. The number of hydrogen-bond donors (Lipinski definition) is 0. The smallest absolute Gasteiger partial charge is 0.162 e. The number of rotatable bonds is 4. The van der Waals surface area contributed by atoms with Crippen LogP contribution in [0.3, 0.4) is 0 Å². The Morgan fingerprint density at radius 2 is 1.77 bits per heavy atom. The van der Waals surface area contributed by atoms with Crippen LogP contribution < -0.4 is 14.4 Å². The van der Waals surface area contributed by atoms with Crippen molar-refractivity contribution in [2.75, 3.05) is 44.3 Å². The zero-order valence-electron chi connectivity index (χ0n) is 17.1. The molecular weight excluding hydrogens is 400 g/mol. The number of ether oxygens (including phenoxy) is 2. The fourth-order valence-corrected chi connectivity index (χ4v) is 4.35. The molecule has 0 N–H and O–H groups in total. The molecule has 7 heteroatoms. The number of anilines is 1. The van der Waals surface area contributed by atoms with Gasteiger partial charge >= 0.3 is 0 Å². The standard InChI is InChI=1S/C23H25ClN4O2/c1-26-15-18(23(25-26)17-5-6-21-22(13-17)30-12-11-29-21)16-27-7-9-28(10-8-27)20-4-2-3-19(24)14-20/h2-6,13-15H,7-12,16H2,1H3. The maximum atomic E-state index is 6.16. The maximum absolute atomic E-state index is 6.16. The SMILES string of the molecule is Cn1cc(CN2CCN(c3cccc(Cl)c3)CC2)c(-c2ccc3c(c2)OCCO3)n1. The average Bonchev–Trinajstić information content (AvgIpc) is 3.14. The van der Waals surface area contributed by atoms with Crippen molar-refractivity contribution in [3.05, 3.63) is 59.2 Å². The fraction of sp³-hybridized carbons (Fsp3) is 0.348. The Labute approximate surface area is 181 Å². The summed E-state index contributed by atoms with van der Waals surface area (Å²) in [6.45, 7) is 6.04. The zero-order valence-corrected chi connectivity index (χ0v) is 17.8. The van der Waals surface area contributed by atoms with Crippen LogP contribution in [0, 0.1) is 0 Å². The van der Waals surface area contributed by atoms with Crippen LogP contribution >= 0.6 is 11.6 Å². The molecule has 5 rings (SSSR count). The van der Waals surface area contributed by atoms with Crippen LogP contribution in [-0.4, -0.2) is 54.1 Å². The average molecular weight is 425 g/mol. The Morgan fingerprint density at radius 1 is 0.967 bits per heavy atom. The number of halogens is 1. The Hall–Kier alpha value is -2.70. The summed E-state index contributed by atoms with van der Waals surface area (Å²) in [5.74, 6) is 1.60. The zero-order chi connectivity index (χ0) is 20.5. The summed E-state index contributed by atoms with van der Waals surface area (Å²) in [6, 6.07) is 14.2. The molecule has 0 saturated carbocycles. The molecule has 0 radical (unpaired) electrons. The number of fused-ring (bicyclic) bond motifs is 1. The van der Waals surface area contributed by atoms with Gasteiger partial charge in [-0.15, -0.1) is 0 Å². The maximum Gasteiger partial charge on any atom is 0.162 e. The molecule has 0 bridgehead atoms. The fourth-order valence-electron chi connectivity index (χ4n) is 4.16. The number of aryl methyl sites for hydroxylation is 1. The summed E-state index contributed by atoms with van der Waals surface area (Å²) in [5.41, 5.74) is 4.49. The van der Waals surface area contributed by atoms with Crippen LogP contribution in [-0.2, 0) is 13.6 Å². The van der Waals surface area contributed by atoms with E-state index in [2.05, 4.69) is 28.1 Å². The highest BCUT2D eigenvalue weighted by atomic mass is 35.5. The van der Waals surface area contributed by atoms with Crippen molar-refractivity contribution in [2.45, 2.75) is 6.54 Å². The summed E-state index contributed by atoms with van der Waals surface area (Å²) in [5, 5.41) is 5.52. The first-order chi connectivity index (χ1) is 14.7. The van der Waals surface area contributed by atoms with Crippen molar-refractivity contribution >= 4 is 17.3 Å². The molecule has 3 aromatic rings. The van der Waals surface area contributed by atoms with Gasteiger partial charge in [0, 0.05) is 67.8 Å². The molecular formula is C23H25ClN4O2. The van der Waals surface area contributed by atoms with E-state index in [1.165, 1.54) is 11.3 Å². The Bertz CT molecular complexity index is 1040. The van der Waals surface area contributed by atoms with Gasteiger partial charge in [-0.25, -0.2) is 0 Å². The van der Waals surface area contributed by atoms with Crippen LogP contribution in [0.1, 0.15) is 5.56 Å². The quantitative estimate of drug-likeness (QED) is 0.636. The van der Waals surface area contributed by atoms with Crippen LogP contribution in [0.25, 0.3) is 11.3 Å². The van der Waals surface area contributed by atoms with Gasteiger partial charge < -0.3 is 14.4 Å². The number of hydrogen-bond acceptors (Lipinski definition) is 5. The van der Waals surface area contributed by atoms with Crippen molar-refractivity contribution in [1.82, 2.24) is 14.7 Å². The molecule has 1 aromatic heterocycles. The van der Waals surface area contributed by atoms with E-state index in [0.717, 1.165) is 60.5 Å². The molecule has 30 heavy (non-hydrogen) atoms. The largest absolute Gasteiger partial charge is 0.486 e. The number of nitrogens with zero attached hydrogens (tertiary/aromatic N) is 4. The first-order valence-corrected chi connectivity index (χ1v) is 10.7. The van der Waals surface area contributed by atoms with E-state index < -0.39 is 0 Å². The van der Waals surface area contributed by atoms with Gasteiger partial charge in [-0.2, -0.15) is 5.10 Å². The molecule has 0 atom stereocenters. The minimum atomic E-state index is 0.586. The van der Waals surface area contributed by atoms with E-state index in [-0.39, 0.29) is 0 Å². The van der Waals surface area contributed by atoms with Crippen molar-refractivity contribution < 1.29 is 9.47 Å². The van der Waals surface area contributed by atoms with Gasteiger partial charge in [-0.05, 0) is 36.4 Å². The van der Waals surface area contributed by atoms with E-state index in [4.69, 9.17) is 26.2 Å². The van der Waals surface area contributed by atoms with E-state index in [1.807, 2.05) is 42.1 Å². The lowest BCUT2D eigenvalue weighted by Crippen LogP contribution is -2.46. The highest BCUT2D eigenvalue weighted by Gasteiger charge is 2.21. The predicted octanol–water partition coefficient (Wildman–Crippen LogP) is 3.83. The third-order valence-corrected chi connectivity index (χ3v) is 5.89. The lowest BCUT2D eigenvalue weighted by molar-refractivity contribution is 0.171. The van der Waals surface area contributed by atoms with Gasteiger partial charge in [-0.3, -0.25) is 9.58 Å². The van der Waals surface area contributed by atoms with Crippen molar-refractivity contribution in [3.63, 3.8) is 0 Å². The van der Waals surface area contributed by atoms with E-state index in [1.54, 1.807) is 0 Å². The van der Waals surface area contributed by atoms with Gasteiger partial charge in [0.25, 0.3) is 0 Å². The second kappa shape index (κ2) is 8.20. The monoisotopic (exact) mass is 424 g/mol. The molecule has 2 aromatic carbocycles. The topological polar surface area (TPSA) is 42.8 Å². The van der Waals surface area contributed by atoms with Crippen LogP contribution in [0.2, 0.25) is 5.02 Å². The second-order valence-electron chi connectivity index (χ2n) is 7.78. The van der Waals surface area contributed by atoms with Crippen LogP contribution in [0.4, 0.5) is 5.69 Å². The van der Waals surface area contributed by atoms with E-state index in [0.29, 0.717) is 13.2 Å². The van der Waals surface area contributed by atoms with Gasteiger partial charge in [0.1, 0.15) is 13.2 Å². The lowest BCUT2D eigenvalue weighted by Gasteiger charge is -2.36. The summed E-state index contributed by atoms with van der Waals surface area (Å²) in [4.78, 5) is 4.88. The Morgan fingerprint density at radius 3 is 2.57 bits per heavy atom. The molecule has 3 heterocycles. The summed E-state index contributed by atoms with van der Waals surface area (Å²) >= 11 is 6.16. The summed E-state index contributed by atoms with van der Waals surface area (Å²) < 4.78 is 13.3. The summed E-state index contributed by atoms with van der Waals surface area (Å²) in [7, 11) is 1.97. The van der Waals surface area contributed by atoms with E-state index >= 15 is 0 Å². The minimum absolute atomic E-state index is 0.586.